The van der Waals surface area contributed by atoms with Crippen LogP contribution in [0.1, 0.15) is 37.7 Å². The molecule has 1 fully saturated rings. The molecule has 0 spiro atoms. The topological polar surface area (TPSA) is 26.3 Å². The van der Waals surface area contributed by atoms with Crippen LogP contribution in [0.2, 0.25) is 0 Å². The van der Waals surface area contributed by atoms with Gasteiger partial charge in [-0.2, -0.15) is 0 Å². The second-order valence-electron chi connectivity index (χ2n) is 4.90. The Kier molecular flexibility index (Phi) is 4.34. The lowest BCUT2D eigenvalue weighted by Gasteiger charge is -2.20. The number of methoxy groups -OCH3 is 1. The predicted molar refractivity (Wildman–Crippen MR) is 68.2 cm³/mol. The minimum atomic E-state index is -0.249. The number of hydrogen-bond donors (Lipinski definition) is 0. The number of hydrogen-bond acceptors (Lipinski definition) is 2. The lowest BCUT2D eigenvalue weighted by atomic mass is 9.84. The van der Waals surface area contributed by atoms with Crippen LogP contribution >= 0.6 is 0 Å². The van der Waals surface area contributed by atoms with Gasteiger partial charge in [0.05, 0.1) is 7.11 Å². The maximum absolute atomic E-state index is 13.2. The summed E-state index contributed by atoms with van der Waals surface area (Å²) in [5.41, 5.74) is 0.857. The monoisotopic (exact) mass is 250 g/mol. The van der Waals surface area contributed by atoms with Crippen LogP contribution in [-0.4, -0.2) is 12.9 Å². The Balaban J connectivity index is 2.00. The summed E-state index contributed by atoms with van der Waals surface area (Å²) in [6, 6.07) is 4.55. The highest BCUT2D eigenvalue weighted by molar-refractivity contribution is 5.81. The molecule has 3 heteroatoms. The van der Waals surface area contributed by atoms with Gasteiger partial charge in [0.25, 0.3) is 0 Å². The molecule has 0 saturated heterocycles. The van der Waals surface area contributed by atoms with Crippen LogP contribution in [0.5, 0.6) is 5.75 Å². The Labute approximate surface area is 107 Å². The lowest BCUT2D eigenvalue weighted by Crippen LogP contribution is -2.19. The molecule has 0 bridgehead atoms. The van der Waals surface area contributed by atoms with Crippen molar-refractivity contribution in [2.75, 3.05) is 7.11 Å². The molecule has 1 aliphatic rings. The lowest BCUT2D eigenvalue weighted by molar-refractivity contribution is -0.124. The summed E-state index contributed by atoms with van der Waals surface area (Å²) < 4.78 is 18.4. The van der Waals surface area contributed by atoms with E-state index in [1.54, 1.807) is 13.2 Å². The molecule has 0 radical (unpaired) electrons. The molecular formula is C15H19FO2. The van der Waals surface area contributed by atoms with E-state index in [0.29, 0.717) is 24.4 Å². The second-order valence-corrected chi connectivity index (χ2v) is 4.90. The van der Waals surface area contributed by atoms with Gasteiger partial charge in [-0.25, -0.2) is 4.39 Å². The minimum absolute atomic E-state index is 0.159. The van der Waals surface area contributed by atoms with E-state index in [2.05, 4.69) is 0 Å². The molecule has 1 aromatic rings. The van der Waals surface area contributed by atoms with E-state index in [4.69, 9.17) is 4.74 Å². The van der Waals surface area contributed by atoms with Crippen LogP contribution in [0.15, 0.2) is 18.2 Å². The molecule has 2 nitrogen and oxygen atoms in total. The molecule has 0 aromatic heterocycles. The van der Waals surface area contributed by atoms with Crippen molar-refractivity contribution in [3.8, 4) is 5.75 Å². The SMILES string of the molecule is COc1ccc(F)cc1CCC1CCCCC1=O. The summed E-state index contributed by atoms with van der Waals surface area (Å²) in [7, 11) is 1.59. The molecule has 98 valence electrons. The number of ether oxygens (including phenoxy) is 1. The maximum atomic E-state index is 13.2. The molecule has 18 heavy (non-hydrogen) atoms. The zero-order chi connectivity index (χ0) is 13.0. The van der Waals surface area contributed by atoms with Gasteiger partial charge in [0, 0.05) is 12.3 Å². The van der Waals surface area contributed by atoms with Gasteiger partial charge in [-0.1, -0.05) is 6.42 Å². The average molecular weight is 250 g/mol. The smallest absolute Gasteiger partial charge is 0.135 e. The predicted octanol–water partition coefficient (Wildman–Crippen LogP) is 3.53. The quantitative estimate of drug-likeness (QED) is 0.817. The standard InChI is InChI=1S/C15H19FO2/c1-18-15-9-8-13(16)10-12(15)7-6-11-4-2-3-5-14(11)17/h8-11H,2-7H2,1H3. The number of carbonyl (C=O) groups excluding carboxylic acids is 1. The van der Waals surface area contributed by atoms with Crippen molar-refractivity contribution in [3.05, 3.63) is 29.6 Å². The van der Waals surface area contributed by atoms with E-state index in [9.17, 15) is 9.18 Å². The summed E-state index contributed by atoms with van der Waals surface area (Å²) in [6.07, 6.45) is 5.37. The van der Waals surface area contributed by atoms with Crippen LogP contribution in [-0.2, 0) is 11.2 Å². The first-order valence-electron chi connectivity index (χ1n) is 6.56. The molecule has 0 N–H and O–H groups in total. The van der Waals surface area contributed by atoms with Gasteiger partial charge in [-0.3, -0.25) is 4.79 Å². The molecule has 1 atom stereocenters. The van der Waals surface area contributed by atoms with Crippen molar-refractivity contribution in [2.24, 2.45) is 5.92 Å². The molecule has 1 aliphatic carbocycles. The van der Waals surface area contributed by atoms with Crippen molar-refractivity contribution >= 4 is 5.78 Å². The summed E-state index contributed by atoms with van der Waals surface area (Å²) in [6.45, 7) is 0. The van der Waals surface area contributed by atoms with Crippen molar-refractivity contribution in [1.29, 1.82) is 0 Å². The average Bonchev–Trinajstić information content (AvgIpc) is 2.38. The second kappa shape index (κ2) is 5.98. The molecule has 0 amide bonds. The molecule has 0 heterocycles. The number of rotatable bonds is 4. The molecule has 1 saturated carbocycles. The highest BCUT2D eigenvalue weighted by atomic mass is 19.1. The van der Waals surface area contributed by atoms with Gasteiger partial charge in [0.15, 0.2) is 0 Å². The van der Waals surface area contributed by atoms with Gasteiger partial charge in [-0.15, -0.1) is 0 Å². The van der Waals surface area contributed by atoms with Crippen molar-refractivity contribution in [3.63, 3.8) is 0 Å². The fourth-order valence-electron chi connectivity index (χ4n) is 2.63. The zero-order valence-electron chi connectivity index (χ0n) is 10.7. The van der Waals surface area contributed by atoms with E-state index < -0.39 is 0 Å². The number of benzene rings is 1. The first-order chi connectivity index (χ1) is 8.70. The summed E-state index contributed by atoms with van der Waals surface area (Å²) in [5, 5.41) is 0. The zero-order valence-corrected chi connectivity index (χ0v) is 10.7. The third kappa shape index (κ3) is 3.09. The summed E-state index contributed by atoms with van der Waals surface area (Å²) in [5.74, 6) is 0.990. The summed E-state index contributed by atoms with van der Waals surface area (Å²) in [4.78, 5) is 11.7. The Morgan fingerprint density at radius 2 is 2.22 bits per heavy atom. The molecule has 0 aliphatic heterocycles. The minimum Gasteiger partial charge on any atom is -0.496 e. The third-order valence-electron chi connectivity index (χ3n) is 3.69. The van der Waals surface area contributed by atoms with E-state index >= 15 is 0 Å². The largest absolute Gasteiger partial charge is 0.496 e. The molecule has 2 rings (SSSR count). The highest BCUT2D eigenvalue weighted by Gasteiger charge is 2.22. The van der Waals surface area contributed by atoms with Gasteiger partial charge in [0.2, 0.25) is 0 Å². The normalized spacial score (nSPS) is 19.9. The number of Topliss-reactive ketones (excluding diaryl/α,β-unsaturated/α-hetero) is 1. The summed E-state index contributed by atoms with van der Waals surface area (Å²) >= 11 is 0. The van der Waals surface area contributed by atoms with E-state index in [1.807, 2.05) is 0 Å². The van der Waals surface area contributed by atoms with Crippen LogP contribution in [0.3, 0.4) is 0 Å². The van der Waals surface area contributed by atoms with Crippen LogP contribution < -0.4 is 4.74 Å². The van der Waals surface area contributed by atoms with E-state index in [1.165, 1.54) is 12.1 Å². The third-order valence-corrected chi connectivity index (χ3v) is 3.69. The molecular weight excluding hydrogens is 231 g/mol. The van der Waals surface area contributed by atoms with Crippen LogP contribution in [0.25, 0.3) is 0 Å². The molecule has 1 aromatic carbocycles. The number of aryl methyl sites for hydroxylation is 1. The highest BCUT2D eigenvalue weighted by Crippen LogP contribution is 2.27. The fourth-order valence-corrected chi connectivity index (χ4v) is 2.63. The Morgan fingerprint density at radius 1 is 1.39 bits per heavy atom. The van der Waals surface area contributed by atoms with Crippen LogP contribution in [0.4, 0.5) is 4.39 Å². The first kappa shape index (κ1) is 13.1. The van der Waals surface area contributed by atoms with Crippen molar-refractivity contribution in [2.45, 2.75) is 38.5 Å². The molecule has 1 unspecified atom stereocenters. The van der Waals surface area contributed by atoms with Gasteiger partial charge in [0.1, 0.15) is 17.3 Å². The van der Waals surface area contributed by atoms with Crippen LogP contribution in [0, 0.1) is 11.7 Å². The van der Waals surface area contributed by atoms with E-state index in [0.717, 1.165) is 31.2 Å². The Morgan fingerprint density at radius 3 is 2.94 bits per heavy atom. The number of ketones is 1. The van der Waals surface area contributed by atoms with Gasteiger partial charge < -0.3 is 4.74 Å². The fraction of sp³-hybridized carbons (Fsp3) is 0.533. The van der Waals surface area contributed by atoms with Crippen molar-refractivity contribution in [1.82, 2.24) is 0 Å². The Hall–Kier alpha value is -1.38. The van der Waals surface area contributed by atoms with Gasteiger partial charge >= 0.3 is 0 Å². The van der Waals surface area contributed by atoms with Gasteiger partial charge in [-0.05, 0) is 49.4 Å². The number of halogens is 1. The maximum Gasteiger partial charge on any atom is 0.135 e. The first-order valence-corrected chi connectivity index (χ1v) is 6.56. The van der Waals surface area contributed by atoms with E-state index in [-0.39, 0.29) is 11.7 Å². The van der Waals surface area contributed by atoms with Crippen molar-refractivity contribution < 1.29 is 13.9 Å². The Bertz CT molecular complexity index is 429. The number of carbonyl (C=O) groups is 1.